The molecule has 0 radical (unpaired) electrons. The average Bonchev–Trinajstić information content (AvgIpc) is 3.49. The minimum absolute atomic E-state index is 0.0184. The van der Waals surface area contributed by atoms with Crippen LogP contribution in [0, 0.1) is 38.5 Å². The Labute approximate surface area is 271 Å². The lowest BCUT2D eigenvalue weighted by molar-refractivity contribution is -0.139. The standard InChI is InChI=1S/C29H22Cl6N2O5/c1-12-6-13(2)8-16(7-12)36-11-15(10-19(36)38)26(41)42-17-4-5-18(14(3)9-17)37-24(39)20-21(25(37)40)28(33)23(31)22(30)27(20,32)29(28,34)35/h4-9,15,20-21H,10-11H2,1-3H3/t15-,20-,21+,27+,28+/m0/s1. The van der Waals surface area contributed by atoms with Crippen LogP contribution in [-0.2, 0) is 19.2 Å². The van der Waals surface area contributed by atoms with Gasteiger partial charge in [0.2, 0.25) is 17.7 Å². The fourth-order valence-electron chi connectivity index (χ4n) is 6.60. The first kappa shape index (κ1) is 30.0. The number of allylic oxidation sites excluding steroid dienone is 2. The summed E-state index contributed by atoms with van der Waals surface area (Å²) in [5.74, 6) is -5.08. The van der Waals surface area contributed by atoms with Crippen molar-refractivity contribution >= 4 is 105 Å². The van der Waals surface area contributed by atoms with E-state index in [0.717, 1.165) is 21.7 Å². The lowest BCUT2D eigenvalue weighted by atomic mass is 9.84. The van der Waals surface area contributed by atoms with Gasteiger partial charge in [-0.15, -0.1) is 23.2 Å². The molecule has 42 heavy (non-hydrogen) atoms. The molecule has 2 aliphatic heterocycles. The van der Waals surface area contributed by atoms with Crippen molar-refractivity contribution in [1.82, 2.24) is 0 Å². The Morgan fingerprint density at radius 1 is 0.857 bits per heavy atom. The van der Waals surface area contributed by atoms with Crippen LogP contribution < -0.4 is 14.5 Å². The number of carbonyl (C=O) groups excluding carboxylic acids is 4. The number of benzene rings is 2. The van der Waals surface area contributed by atoms with E-state index in [-0.39, 0.29) is 40.4 Å². The summed E-state index contributed by atoms with van der Waals surface area (Å²) in [5.41, 5.74) is 3.45. The quantitative estimate of drug-likeness (QED) is 0.158. The highest BCUT2D eigenvalue weighted by atomic mass is 35.5. The molecule has 2 bridgehead atoms. The van der Waals surface area contributed by atoms with Crippen LogP contribution in [0.4, 0.5) is 11.4 Å². The SMILES string of the molecule is Cc1cc(C)cc(N2C[C@@H](C(=O)Oc3ccc(N4C(=O)[C@@H]5[C@H](C4=O)[C@@]4(Cl)C(Cl)=C(Cl)[C@@]5(Cl)C4(Cl)Cl)c(C)c3)CC2=O)c1. The summed E-state index contributed by atoms with van der Waals surface area (Å²) in [5, 5.41) is -0.342. The van der Waals surface area contributed by atoms with E-state index < -0.39 is 49.6 Å². The molecule has 2 aromatic carbocycles. The van der Waals surface area contributed by atoms with Gasteiger partial charge >= 0.3 is 5.97 Å². The van der Waals surface area contributed by atoms with Crippen molar-refractivity contribution in [2.45, 2.75) is 41.3 Å². The number of ether oxygens (including phenoxy) is 1. The number of amides is 3. The smallest absolute Gasteiger partial charge is 0.316 e. The van der Waals surface area contributed by atoms with Gasteiger partial charge in [-0.05, 0) is 67.8 Å². The zero-order valence-electron chi connectivity index (χ0n) is 22.3. The van der Waals surface area contributed by atoms with E-state index in [2.05, 4.69) is 0 Å². The molecule has 0 unspecified atom stereocenters. The molecule has 2 aliphatic carbocycles. The minimum Gasteiger partial charge on any atom is -0.426 e. The van der Waals surface area contributed by atoms with E-state index >= 15 is 0 Å². The summed E-state index contributed by atoms with van der Waals surface area (Å²) in [6, 6.07) is 10.3. The molecule has 5 atom stereocenters. The van der Waals surface area contributed by atoms with Gasteiger partial charge in [0.05, 0.1) is 33.5 Å². The van der Waals surface area contributed by atoms with E-state index in [4.69, 9.17) is 74.3 Å². The number of nitrogens with zero attached hydrogens (tertiary/aromatic N) is 2. The van der Waals surface area contributed by atoms with Gasteiger partial charge in [-0.25, -0.2) is 4.90 Å². The second-order valence-electron chi connectivity index (χ2n) is 11.2. The largest absolute Gasteiger partial charge is 0.426 e. The van der Waals surface area contributed by atoms with Crippen molar-refractivity contribution in [3.8, 4) is 5.75 Å². The molecule has 0 N–H and O–H groups in total. The Bertz CT molecular complexity index is 1590. The summed E-state index contributed by atoms with van der Waals surface area (Å²) < 4.78 is 3.59. The number of hydrogen-bond acceptors (Lipinski definition) is 5. The molecule has 2 saturated heterocycles. The number of aryl methyl sites for hydroxylation is 3. The van der Waals surface area contributed by atoms with Crippen LogP contribution in [-0.4, -0.2) is 44.3 Å². The van der Waals surface area contributed by atoms with Crippen LogP contribution in [0.3, 0.4) is 0 Å². The molecule has 3 amide bonds. The Morgan fingerprint density at radius 2 is 1.40 bits per heavy atom. The maximum Gasteiger partial charge on any atom is 0.316 e. The number of halogens is 6. The average molecular weight is 691 g/mol. The zero-order chi connectivity index (χ0) is 30.7. The highest BCUT2D eigenvalue weighted by molar-refractivity contribution is 6.67. The number of esters is 1. The van der Waals surface area contributed by atoms with Crippen molar-refractivity contribution in [2.24, 2.45) is 17.8 Å². The number of alkyl halides is 4. The van der Waals surface area contributed by atoms with Crippen LogP contribution in [0.25, 0.3) is 0 Å². The van der Waals surface area contributed by atoms with Crippen molar-refractivity contribution in [2.75, 3.05) is 16.3 Å². The summed E-state index contributed by atoms with van der Waals surface area (Å²) in [4.78, 5) is 51.9. The van der Waals surface area contributed by atoms with E-state index in [1.54, 1.807) is 11.8 Å². The molecular formula is C29H22Cl6N2O5. The van der Waals surface area contributed by atoms with E-state index in [0.29, 0.717) is 5.56 Å². The minimum atomic E-state index is -2.02. The fourth-order valence-corrected chi connectivity index (χ4v) is 9.52. The van der Waals surface area contributed by atoms with Crippen molar-refractivity contribution < 1.29 is 23.9 Å². The summed E-state index contributed by atoms with van der Waals surface area (Å²) >= 11 is 39.4. The van der Waals surface area contributed by atoms with Crippen molar-refractivity contribution in [3.63, 3.8) is 0 Å². The first-order valence-corrected chi connectivity index (χ1v) is 15.2. The summed E-state index contributed by atoms with van der Waals surface area (Å²) in [6.07, 6.45) is 0.0184. The van der Waals surface area contributed by atoms with Gasteiger partial charge < -0.3 is 9.64 Å². The second-order valence-corrected chi connectivity index (χ2v) is 14.5. The lowest BCUT2D eigenvalue weighted by Gasteiger charge is -2.34. The molecule has 2 aromatic rings. The van der Waals surface area contributed by atoms with E-state index in [1.807, 2.05) is 32.0 Å². The number of hydrogen-bond donors (Lipinski definition) is 0. The van der Waals surface area contributed by atoms with Crippen LogP contribution >= 0.6 is 69.6 Å². The number of anilines is 2. The van der Waals surface area contributed by atoms with Gasteiger partial charge in [0.1, 0.15) is 15.5 Å². The van der Waals surface area contributed by atoms with Gasteiger partial charge in [-0.2, -0.15) is 0 Å². The molecule has 2 heterocycles. The van der Waals surface area contributed by atoms with Crippen LogP contribution in [0.5, 0.6) is 5.75 Å². The summed E-state index contributed by atoms with van der Waals surface area (Å²) in [7, 11) is 0. The van der Waals surface area contributed by atoms with Gasteiger partial charge in [0.15, 0.2) is 4.33 Å². The highest BCUT2D eigenvalue weighted by Crippen LogP contribution is 2.77. The molecular weight excluding hydrogens is 669 g/mol. The maximum atomic E-state index is 13.7. The maximum absolute atomic E-state index is 13.7. The molecule has 4 aliphatic rings. The van der Waals surface area contributed by atoms with Crippen molar-refractivity contribution in [3.05, 3.63) is 63.2 Å². The van der Waals surface area contributed by atoms with Gasteiger partial charge in [0.25, 0.3) is 0 Å². The molecule has 0 spiro atoms. The molecule has 220 valence electrons. The van der Waals surface area contributed by atoms with Gasteiger partial charge in [-0.1, -0.05) is 52.5 Å². The molecule has 13 heteroatoms. The zero-order valence-corrected chi connectivity index (χ0v) is 26.8. The topological polar surface area (TPSA) is 84.0 Å². The lowest BCUT2D eigenvalue weighted by Crippen LogP contribution is -2.50. The third kappa shape index (κ3) is 3.80. The summed E-state index contributed by atoms with van der Waals surface area (Å²) in [6.45, 7) is 5.73. The third-order valence-electron chi connectivity index (χ3n) is 8.51. The molecule has 6 rings (SSSR count). The van der Waals surface area contributed by atoms with Crippen molar-refractivity contribution in [1.29, 1.82) is 0 Å². The normalized spacial score (nSPS) is 31.5. The van der Waals surface area contributed by atoms with Crippen LogP contribution in [0.1, 0.15) is 23.1 Å². The van der Waals surface area contributed by atoms with Crippen LogP contribution in [0.2, 0.25) is 0 Å². The Kier molecular flexibility index (Phi) is 6.97. The highest BCUT2D eigenvalue weighted by Gasteiger charge is 2.87. The molecule has 3 fully saturated rings. The molecule has 1 saturated carbocycles. The number of rotatable bonds is 4. The second kappa shape index (κ2) is 9.75. The Balaban J connectivity index is 1.21. The van der Waals surface area contributed by atoms with Crippen LogP contribution in [0.15, 0.2) is 46.5 Å². The first-order chi connectivity index (χ1) is 19.5. The Morgan fingerprint density at radius 3 is 1.93 bits per heavy atom. The van der Waals surface area contributed by atoms with Gasteiger partial charge in [-0.3, -0.25) is 19.2 Å². The molecule has 7 nitrogen and oxygen atoms in total. The van der Waals surface area contributed by atoms with E-state index in [1.165, 1.54) is 18.2 Å². The first-order valence-electron chi connectivity index (χ1n) is 13.0. The predicted molar refractivity (Wildman–Crippen MR) is 163 cm³/mol. The predicted octanol–water partition coefficient (Wildman–Crippen LogP) is 6.52. The Hall–Kier alpha value is -2.00. The molecule has 0 aromatic heterocycles. The number of carbonyl (C=O) groups is 4. The monoisotopic (exact) mass is 688 g/mol. The number of imide groups is 1. The fraction of sp³-hybridized carbons (Fsp3) is 0.379. The van der Waals surface area contributed by atoms with Gasteiger partial charge in [0, 0.05) is 18.7 Å². The number of fused-ring (bicyclic) bond motifs is 5. The van der Waals surface area contributed by atoms with E-state index in [9.17, 15) is 19.2 Å². The third-order valence-corrected chi connectivity index (χ3v) is 12.8.